The highest BCUT2D eigenvalue weighted by Crippen LogP contribution is 2.22. The third-order valence-corrected chi connectivity index (χ3v) is 2.35. The van der Waals surface area contributed by atoms with Crippen molar-refractivity contribution >= 4 is 6.03 Å². The first-order valence-electron chi connectivity index (χ1n) is 4.19. The highest BCUT2D eigenvalue weighted by Gasteiger charge is 2.28. The molecule has 0 aromatic rings. The molecule has 0 radical (unpaired) electrons. The fourth-order valence-corrected chi connectivity index (χ4v) is 1.76. The number of carbonyl (C=O) groups is 1. The minimum Gasteiger partial charge on any atom is -0.351 e. The lowest BCUT2D eigenvalue weighted by Gasteiger charge is -2.25. The van der Waals surface area contributed by atoms with Crippen LogP contribution in [0.2, 0.25) is 0 Å². The van der Waals surface area contributed by atoms with Crippen molar-refractivity contribution < 1.29 is 4.79 Å². The summed E-state index contributed by atoms with van der Waals surface area (Å²) in [7, 11) is 0. The molecule has 3 nitrogen and oxygen atoms in total. The summed E-state index contributed by atoms with van der Waals surface area (Å²) in [5.74, 6) is 0.532. The predicted molar refractivity (Wildman–Crippen MR) is 44.1 cm³/mol. The number of hydrogen-bond acceptors (Lipinski definition) is 1. The zero-order chi connectivity index (χ0) is 8.43. The van der Waals surface area contributed by atoms with Gasteiger partial charge in [-0.25, -0.2) is 4.79 Å². The van der Waals surface area contributed by atoms with E-state index in [-0.39, 0.29) is 6.03 Å². The Balaban J connectivity index is 2.58. The summed E-state index contributed by atoms with van der Waals surface area (Å²) in [6, 6.07) is 0.119. The standard InChI is InChI=1S/C8H16N2O/c1-6(2)7-4-3-5-10(7)8(9)11/h6-7H,3-5H2,1-2H3,(H2,9,11). The topological polar surface area (TPSA) is 46.3 Å². The quantitative estimate of drug-likeness (QED) is 0.609. The Kier molecular flexibility index (Phi) is 2.37. The van der Waals surface area contributed by atoms with Crippen molar-refractivity contribution in [3.05, 3.63) is 0 Å². The Labute approximate surface area is 67.5 Å². The predicted octanol–water partition coefficient (Wildman–Crippen LogP) is 1.19. The molecule has 0 saturated carbocycles. The van der Waals surface area contributed by atoms with E-state index < -0.39 is 0 Å². The maximum absolute atomic E-state index is 10.9. The van der Waals surface area contributed by atoms with E-state index in [0.717, 1.165) is 19.4 Å². The van der Waals surface area contributed by atoms with Gasteiger partial charge < -0.3 is 10.6 Å². The average molecular weight is 156 g/mol. The Bertz CT molecular complexity index is 156. The number of likely N-dealkylation sites (tertiary alicyclic amines) is 1. The van der Waals surface area contributed by atoms with Crippen molar-refractivity contribution in [2.75, 3.05) is 6.54 Å². The molecular weight excluding hydrogens is 140 g/mol. The minimum absolute atomic E-state index is 0.263. The molecule has 0 aromatic carbocycles. The molecule has 0 aromatic heterocycles. The summed E-state index contributed by atoms with van der Waals surface area (Å²) in [5.41, 5.74) is 5.21. The SMILES string of the molecule is CC(C)C1CCCN1C(N)=O. The molecule has 1 atom stereocenters. The van der Waals surface area contributed by atoms with Gasteiger partial charge in [0, 0.05) is 12.6 Å². The van der Waals surface area contributed by atoms with Gasteiger partial charge in [-0.2, -0.15) is 0 Å². The molecule has 11 heavy (non-hydrogen) atoms. The van der Waals surface area contributed by atoms with Gasteiger partial charge in [-0.15, -0.1) is 0 Å². The number of carbonyl (C=O) groups excluding carboxylic acids is 1. The van der Waals surface area contributed by atoms with Crippen molar-refractivity contribution in [2.24, 2.45) is 11.7 Å². The first-order chi connectivity index (χ1) is 5.13. The van der Waals surface area contributed by atoms with E-state index in [9.17, 15) is 4.79 Å². The van der Waals surface area contributed by atoms with Gasteiger partial charge in [0.2, 0.25) is 0 Å². The lowest BCUT2D eigenvalue weighted by atomic mass is 10.0. The van der Waals surface area contributed by atoms with Gasteiger partial charge in [-0.1, -0.05) is 13.8 Å². The van der Waals surface area contributed by atoms with Crippen LogP contribution in [0.15, 0.2) is 0 Å². The molecule has 3 heteroatoms. The van der Waals surface area contributed by atoms with Gasteiger partial charge in [-0.3, -0.25) is 0 Å². The first-order valence-corrected chi connectivity index (χ1v) is 4.19. The van der Waals surface area contributed by atoms with Crippen molar-refractivity contribution in [3.8, 4) is 0 Å². The summed E-state index contributed by atoms with van der Waals surface area (Å²) in [5, 5.41) is 0. The number of amides is 2. The highest BCUT2D eigenvalue weighted by atomic mass is 16.2. The second-order valence-electron chi connectivity index (χ2n) is 3.49. The van der Waals surface area contributed by atoms with Crippen LogP contribution in [-0.4, -0.2) is 23.5 Å². The van der Waals surface area contributed by atoms with Crippen LogP contribution in [0.5, 0.6) is 0 Å². The normalized spacial score (nSPS) is 24.6. The number of nitrogens with two attached hydrogens (primary N) is 1. The first kappa shape index (κ1) is 8.37. The highest BCUT2D eigenvalue weighted by molar-refractivity contribution is 5.72. The molecule has 1 heterocycles. The summed E-state index contributed by atoms with van der Waals surface area (Å²) < 4.78 is 0. The maximum Gasteiger partial charge on any atom is 0.315 e. The third-order valence-electron chi connectivity index (χ3n) is 2.35. The molecule has 1 aliphatic rings. The molecule has 0 spiro atoms. The fourth-order valence-electron chi connectivity index (χ4n) is 1.76. The van der Waals surface area contributed by atoms with E-state index in [1.54, 1.807) is 4.90 Å². The van der Waals surface area contributed by atoms with Crippen LogP contribution < -0.4 is 5.73 Å². The number of primary amides is 1. The summed E-state index contributed by atoms with van der Waals surface area (Å²) in [6.45, 7) is 5.11. The van der Waals surface area contributed by atoms with Gasteiger partial charge >= 0.3 is 6.03 Å². The zero-order valence-corrected chi connectivity index (χ0v) is 7.21. The van der Waals surface area contributed by atoms with Crippen LogP contribution in [0.1, 0.15) is 26.7 Å². The van der Waals surface area contributed by atoms with E-state index in [2.05, 4.69) is 13.8 Å². The molecule has 1 saturated heterocycles. The number of nitrogens with zero attached hydrogens (tertiary/aromatic N) is 1. The van der Waals surface area contributed by atoms with Crippen molar-refractivity contribution in [3.63, 3.8) is 0 Å². The van der Waals surface area contributed by atoms with E-state index in [0.29, 0.717) is 12.0 Å². The Morgan fingerprint density at radius 3 is 2.64 bits per heavy atom. The maximum atomic E-state index is 10.9. The second kappa shape index (κ2) is 3.11. The van der Waals surface area contributed by atoms with Gasteiger partial charge in [0.15, 0.2) is 0 Å². The van der Waals surface area contributed by atoms with E-state index in [4.69, 9.17) is 5.73 Å². The fraction of sp³-hybridized carbons (Fsp3) is 0.875. The van der Waals surface area contributed by atoms with E-state index in [1.807, 2.05) is 0 Å². The molecule has 1 fully saturated rings. The molecule has 2 N–H and O–H groups in total. The number of rotatable bonds is 1. The summed E-state index contributed by atoms with van der Waals surface area (Å²) in [6.07, 6.45) is 2.21. The van der Waals surface area contributed by atoms with Gasteiger partial charge in [0.25, 0.3) is 0 Å². The van der Waals surface area contributed by atoms with Crippen molar-refractivity contribution in [2.45, 2.75) is 32.7 Å². The van der Waals surface area contributed by atoms with Crippen LogP contribution in [0, 0.1) is 5.92 Å². The van der Waals surface area contributed by atoms with Crippen LogP contribution in [-0.2, 0) is 0 Å². The van der Waals surface area contributed by atoms with Crippen molar-refractivity contribution in [1.82, 2.24) is 4.90 Å². The molecule has 0 aliphatic carbocycles. The lowest BCUT2D eigenvalue weighted by molar-refractivity contribution is 0.188. The molecule has 1 aliphatic heterocycles. The Morgan fingerprint density at radius 1 is 1.64 bits per heavy atom. The minimum atomic E-state index is -0.263. The van der Waals surface area contributed by atoms with Crippen LogP contribution in [0.3, 0.4) is 0 Å². The third kappa shape index (κ3) is 1.64. The van der Waals surface area contributed by atoms with Crippen LogP contribution in [0.4, 0.5) is 4.79 Å². The summed E-state index contributed by atoms with van der Waals surface area (Å²) in [4.78, 5) is 12.6. The largest absolute Gasteiger partial charge is 0.351 e. The summed E-state index contributed by atoms with van der Waals surface area (Å²) >= 11 is 0. The molecular formula is C8H16N2O. The van der Waals surface area contributed by atoms with Gasteiger partial charge in [-0.05, 0) is 18.8 Å². The second-order valence-corrected chi connectivity index (χ2v) is 3.49. The zero-order valence-electron chi connectivity index (χ0n) is 7.21. The number of hydrogen-bond donors (Lipinski definition) is 1. The smallest absolute Gasteiger partial charge is 0.315 e. The van der Waals surface area contributed by atoms with E-state index in [1.165, 1.54) is 0 Å². The Hall–Kier alpha value is -0.730. The molecule has 0 bridgehead atoms. The molecule has 64 valence electrons. The monoisotopic (exact) mass is 156 g/mol. The Morgan fingerprint density at radius 2 is 2.27 bits per heavy atom. The number of urea groups is 1. The van der Waals surface area contributed by atoms with Gasteiger partial charge in [0.1, 0.15) is 0 Å². The molecule has 1 unspecified atom stereocenters. The van der Waals surface area contributed by atoms with Crippen LogP contribution >= 0.6 is 0 Å². The van der Waals surface area contributed by atoms with Crippen molar-refractivity contribution in [1.29, 1.82) is 0 Å². The lowest BCUT2D eigenvalue weighted by Crippen LogP contribution is -2.41. The average Bonchev–Trinajstić information content (AvgIpc) is 2.32. The van der Waals surface area contributed by atoms with E-state index >= 15 is 0 Å². The van der Waals surface area contributed by atoms with Crippen LogP contribution in [0.25, 0.3) is 0 Å². The molecule has 2 amide bonds. The van der Waals surface area contributed by atoms with Gasteiger partial charge in [0.05, 0.1) is 0 Å². The molecule has 1 rings (SSSR count).